The summed E-state index contributed by atoms with van der Waals surface area (Å²) in [6.07, 6.45) is -4.62. The lowest BCUT2D eigenvalue weighted by Gasteiger charge is -2.39. The van der Waals surface area contributed by atoms with Gasteiger partial charge in [-0.1, -0.05) is 11.6 Å². The summed E-state index contributed by atoms with van der Waals surface area (Å²) in [6.45, 7) is 2.76. The monoisotopic (exact) mass is 803 g/mol. The molecule has 0 unspecified atom stereocenters. The number of aliphatic hydroxyl groups is 4. The third-order valence-corrected chi connectivity index (χ3v) is 8.57. The van der Waals surface area contributed by atoms with Gasteiger partial charge in [-0.15, -0.1) is 0 Å². The zero-order valence-corrected chi connectivity index (χ0v) is 31.7. The highest BCUT2D eigenvalue weighted by Crippen LogP contribution is 2.39. The van der Waals surface area contributed by atoms with Crippen molar-refractivity contribution in [3.8, 4) is 34.3 Å². The number of carbonyl (C=O) groups is 2. The minimum absolute atomic E-state index is 0.0620. The van der Waals surface area contributed by atoms with Gasteiger partial charge in [-0.3, -0.25) is 14.4 Å². The summed E-state index contributed by atoms with van der Waals surface area (Å²) < 4.78 is 37.9. The third-order valence-electron chi connectivity index (χ3n) is 8.57. The Morgan fingerprint density at radius 3 is 2.33 bits per heavy atom. The van der Waals surface area contributed by atoms with E-state index in [0.717, 1.165) is 11.6 Å². The molecule has 0 bridgehead atoms. The molecule has 0 saturated carbocycles. The number of nitrogens with two attached hydrogens (primary N) is 2. The van der Waals surface area contributed by atoms with Crippen LogP contribution in [0.4, 0.5) is 0 Å². The van der Waals surface area contributed by atoms with Crippen LogP contribution < -0.4 is 26.5 Å². The molecule has 19 heteroatoms. The van der Waals surface area contributed by atoms with E-state index < -0.39 is 79.0 Å². The van der Waals surface area contributed by atoms with E-state index in [1.807, 2.05) is 13.8 Å². The Hall–Kier alpha value is -5.25. The van der Waals surface area contributed by atoms with Crippen molar-refractivity contribution in [1.29, 1.82) is 0 Å². The summed E-state index contributed by atoms with van der Waals surface area (Å²) in [5.74, 6) is 3.09. The number of fused-ring (bicyclic) bond motifs is 1. The molecule has 0 radical (unpaired) electrons. The van der Waals surface area contributed by atoms with E-state index in [9.17, 15) is 45.0 Å². The van der Waals surface area contributed by atoms with Gasteiger partial charge >= 0.3 is 11.9 Å². The molecule has 57 heavy (non-hydrogen) atoms. The van der Waals surface area contributed by atoms with Crippen molar-refractivity contribution in [1.82, 2.24) is 5.01 Å². The first-order chi connectivity index (χ1) is 27.1. The van der Waals surface area contributed by atoms with E-state index in [1.54, 1.807) is 30.3 Å². The lowest BCUT2D eigenvalue weighted by atomic mass is 9.99. The maximum atomic E-state index is 13.8. The molecule has 2 heterocycles. The average Bonchev–Trinajstić information content (AvgIpc) is 3.17. The number of esters is 2. The summed E-state index contributed by atoms with van der Waals surface area (Å²) in [6, 6.07) is 7.35. The molecule has 19 nitrogen and oxygen atoms in total. The molecule has 10 N–H and O–H groups in total. The quantitative estimate of drug-likeness (QED) is 0.0268. The minimum Gasteiger partial charge on any atom is -0.507 e. The van der Waals surface area contributed by atoms with Gasteiger partial charge in [0.1, 0.15) is 59.2 Å². The van der Waals surface area contributed by atoms with Gasteiger partial charge in [0.25, 0.3) is 0 Å². The normalized spacial score (nSPS) is 19.6. The van der Waals surface area contributed by atoms with Crippen molar-refractivity contribution in [3.05, 3.63) is 69.7 Å². The van der Waals surface area contributed by atoms with E-state index >= 15 is 0 Å². The molecule has 3 aromatic rings. The van der Waals surface area contributed by atoms with Crippen LogP contribution in [0, 0.1) is 0 Å². The van der Waals surface area contributed by atoms with Crippen LogP contribution in [0.1, 0.15) is 32.3 Å². The molecule has 312 valence electrons. The second-order valence-electron chi connectivity index (χ2n) is 13.2. The van der Waals surface area contributed by atoms with Gasteiger partial charge in [0.2, 0.25) is 11.2 Å². The number of methoxy groups -OCH3 is 1. The molecule has 1 aromatic heterocycles. The third kappa shape index (κ3) is 11.9. The van der Waals surface area contributed by atoms with Crippen LogP contribution in [0.25, 0.3) is 22.3 Å². The molecule has 5 atom stereocenters. The molecular weight excluding hydrogens is 754 g/mol. The van der Waals surface area contributed by atoms with Crippen LogP contribution in [0.5, 0.6) is 23.0 Å². The van der Waals surface area contributed by atoms with E-state index in [1.165, 1.54) is 18.3 Å². The average molecular weight is 804 g/mol. The van der Waals surface area contributed by atoms with Crippen molar-refractivity contribution < 1.29 is 73.1 Å². The second kappa shape index (κ2) is 20.8. The molecule has 0 spiro atoms. The minimum atomic E-state index is -1.58. The van der Waals surface area contributed by atoms with Gasteiger partial charge in [0.15, 0.2) is 12.1 Å². The maximum Gasteiger partial charge on any atom is 0.312 e. The molecule has 1 saturated heterocycles. The van der Waals surface area contributed by atoms with Crippen LogP contribution in [0.3, 0.4) is 0 Å². The Morgan fingerprint density at radius 1 is 0.965 bits per heavy atom. The van der Waals surface area contributed by atoms with Crippen molar-refractivity contribution in [3.63, 3.8) is 0 Å². The highest BCUT2D eigenvalue weighted by molar-refractivity contribution is 5.92. The van der Waals surface area contributed by atoms with Gasteiger partial charge in [-0.05, 0) is 44.5 Å². The van der Waals surface area contributed by atoms with Crippen LogP contribution in [-0.2, 0) is 35.0 Å². The second-order valence-corrected chi connectivity index (χ2v) is 13.2. The first-order valence-electron chi connectivity index (χ1n) is 17.8. The van der Waals surface area contributed by atoms with Crippen LogP contribution in [0.15, 0.2) is 63.1 Å². The Labute approximate surface area is 326 Å². The summed E-state index contributed by atoms with van der Waals surface area (Å²) in [7, 11) is 1.48. The van der Waals surface area contributed by atoms with Gasteiger partial charge in [-0.25, -0.2) is 5.84 Å². The number of hydrazine groups is 1. The number of aliphatic hydroxyl groups excluding tert-OH is 4. The number of hydrogen-bond donors (Lipinski definition) is 8. The van der Waals surface area contributed by atoms with Crippen molar-refractivity contribution >= 4 is 22.9 Å². The van der Waals surface area contributed by atoms with Crippen molar-refractivity contribution in [2.24, 2.45) is 11.6 Å². The van der Waals surface area contributed by atoms with Gasteiger partial charge in [0.05, 0.1) is 58.6 Å². The largest absolute Gasteiger partial charge is 0.507 e. The summed E-state index contributed by atoms with van der Waals surface area (Å²) in [4.78, 5) is 39.2. The number of carbonyl (C=O) groups excluding carboxylic acids is 2. The zero-order valence-electron chi connectivity index (χ0n) is 31.7. The van der Waals surface area contributed by atoms with E-state index in [2.05, 4.69) is 0 Å². The van der Waals surface area contributed by atoms with E-state index in [0.29, 0.717) is 11.3 Å². The summed E-state index contributed by atoms with van der Waals surface area (Å²) >= 11 is 0. The number of aromatic hydroxyl groups is 2. The van der Waals surface area contributed by atoms with Crippen LogP contribution in [-0.4, -0.2) is 125 Å². The molecule has 1 aliphatic rings. The molecule has 1 aliphatic heterocycles. The first-order valence-corrected chi connectivity index (χ1v) is 17.8. The molecule has 0 aliphatic carbocycles. The number of nitrogens with zero attached hydrogens (tertiary/aromatic N) is 1. The number of phenols is 2. The Balaban J connectivity index is 1.28. The Kier molecular flexibility index (Phi) is 16.2. The van der Waals surface area contributed by atoms with Crippen molar-refractivity contribution in [2.45, 2.75) is 63.8 Å². The fraction of sp³-hybridized carbons (Fsp3) is 0.447. The van der Waals surface area contributed by atoms with Gasteiger partial charge in [-0.2, -0.15) is 0 Å². The number of rotatable bonds is 19. The fourth-order valence-corrected chi connectivity index (χ4v) is 5.54. The number of ether oxygens (including phenoxy) is 6. The lowest BCUT2D eigenvalue weighted by molar-refractivity contribution is -0.301. The summed E-state index contributed by atoms with van der Waals surface area (Å²) in [5, 5.41) is 61.2. The molecule has 1 fully saturated rings. The fourth-order valence-electron chi connectivity index (χ4n) is 5.54. The predicted molar refractivity (Wildman–Crippen MR) is 200 cm³/mol. The zero-order chi connectivity index (χ0) is 41.8. The first kappa shape index (κ1) is 44.5. The van der Waals surface area contributed by atoms with E-state index in [4.69, 9.17) is 44.4 Å². The lowest BCUT2D eigenvalue weighted by Crippen LogP contribution is -2.59. The number of phenolic OH excluding ortho intramolecular Hbond substituents is 2. The standard InChI is InChI=1S/C38H49N3O16/c1-20(2)4-9-24-25(43)16-26(44)30-32(48)37(35(57-36(24)30)21-5-7-23(51-3)8-6-21)56-29(46)11-10-28(45)53-15-14-52-19-22(39)17-41(40)12-13-54-38-34(50)33(49)31(47)27(18-42)55-38/h4-8,16-17,27,31,33-34,38,42-44,47,49-50H,9-15,18-19,39-40H2,1-3H3/b22-17-/t27-,31-,33+,34-,38-/m0/s1. The Morgan fingerprint density at radius 2 is 1.67 bits per heavy atom. The highest BCUT2D eigenvalue weighted by atomic mass is 16.7. The highest BCUT2D eigenvalue weighted by Gasteiger charge is 2.44. The van der Waals surface area contributed by atoms with Crippen LogP contribution in [0.2, 0.25) is 0 Å². The van der Waals surface area contributed by atoms with Gasteiger partial charge < -0.3 is 74.2 Å². The molecule has 4 rings (SSSR count). The number of benzene rings is 2. The number of allylic oxidation sites excluding steroid dienone is 2. The summed E-state index contributed by atoms with van der Waals surface area (Å²) in [5.41, 5.74) is 6.63. The number of hydrogen-bond acceptors (Lipinski definition) is 19. The van der Waals surface area contributed by atoms with Crippen LogP contribution >= 0.6 is 0 Å². The molecule has 2 aromatic carbocycles. The smallest absolute Gasteiger partial charge is 0.312 e. The SMILES string of the molecule is COc1ccc(-c2oc3c(CC=C(C)C)c(O)cc(O)c3c(=O)c2OC(=O)CCC(=O)OCCOC/C(N)=C/N(N)CCO[C@H]2O[C@@H](CO)[C@H](O)[C@@H](O)[C@@H]2O)cc1. The van der Waals surface area contributed by atoms with Gasteiger partial charge in [0, 0.05) is 23.4 Å². The molecule has 0 amide bonds. The van der Waals surface area contributed by atoms with E-state index in [-0.39, 0.29) is 73.1 Å². The topological polar surface area (TPSA) is 296 Å². The van der Waals surface area contributed by atoms with Crippen molar-refractivity contribution in [2.75, 3.05) is 46.7 Å². The Bertz CT molecular complexity index is 1960. The maximum absolute atomic E-state index is 13.8. The molecular formula is C38H49N3O16. The predicted octanol–water partition coefficient (Wildman–Crippen LogP) is 0.426.